The quantitative estimate of drug-likeness (QED) is 0.727. The zero-order valence-electron chi connectivity index (χ0n) is 16.2. The number of likely N-dealkylation sites (tertiary alicyclic amines) is 1. The number of benzene rings is 1. The number of ether oxygens (including phenoxy) is 1. The van der Waals surface area contributed by atoms with Crippen LogP contribution in [-0.2, 0) is 10.0 Å². The topological polar surface area (TPSA) is 66.9 Å². The van der Waals surface area contributed by atoms with Crippen molar-refractivity contribution in [3.8, 4) is 5.75 Å². The Morgan fingerprint density at radius 1 is 1.27 bits per heavy atom. The van der Waals surface area contributed by atoms with Gasteiger partial charge in [-0.1, -0.05) is 27.2 Å². The number of rotatable bonds is 7. The molecule has 0 N–H and O–H groups in total. The van der Waals surface area contributed by atoms with E-state index >= 15 is 0 Å². The number of nitrogens with zero attached hydrogens (tertiary/aromatic N) is 2. The summed E-state index contributed by atoms with van der Waals surface area (Å²) in [5, 5.41) is 0. The van der Waals surface area contributed by atoms with Crippen LogP contribution in [0.25, 0.3) is 0 Å². The molecule has 1 aliphatic rings. The molecule has 1 aromatic carbocycles. The van der Waals surface area contributed by atoms with Crippen LogP contribution in [0.4, 0.5) is 0 Å². The van der Waals surface area contributed by atoms with Gasteiger partial charge in [-0.3, -0.25) is 4.79 Å². The fourth-order valence-electron chi connectivity index (χ4n) is 3.48. The van der Waals surface area contributed by atoms with Crippen LogP contribution in [0.5, 0.6) is 5.75 Å². The zero-order valence-corrected chi connectivity index (χ0v) is 17.0. The van der Waals surface area contributed by atoms with Crippen molar-refractivity contribution in [2.24, 2.45) is 5.92 Å². The average Bonchev–Trinajstić information content (AvgIpc) is 2.67. The fourth-order valence-corrected chi connectivity index (χ4v) is 4.97. The number of methoxy groups -OCH3 is 1. The van der Waals surface area contributed by atoms with E-state index in [-0.39, 0.29) is 10.8 Å². The van der Waals surface area contributed by atoms with Crippen molar-refractivity contribution >= 4 is 15.9 Å². The van der Waals surface area contributed by atoms with Crippen LogP contribution in [0.3, 0.4) is 0 Å². The molecule has 1 heterocycles. The smallest absolute Gasteiger partial charge is 0.257 e. The second-order valence-corrected chi connectivity index (χ2v) is 8.56. The van der Waals surface area contributed by atoms with Crippen molar-refractivity contribution in [3.63, 3.8) is 0 Å². The summed E-state index contributed by atoms with van der Waals surface area (Å²) in [6.45, 7) is 7.93. The number of sulfonamides is 1. The Bertz CT molecular complexity index is 729. The third-order valence-corrected chi connectivity index (χ3v) is 7.17. The number of carbonyl (C=O) groups excluding carboxylic acids is 1. The lowest BCUT2D eigenvalue weighted by molar-refractivity contribution is 0.0667. The average molecular weight is 383 g/mol. The SMILES string of the molecule is CCC1CCCN(C(=O)c2cc(S(=O)(=O)N(CC)CC)ccc2OC)C1. The van der Waals surface area contributed by atoms with Crippen molar-refractivity contribution in [2.45, 2.75) is 44.9 Å². The van der Waals surface area contributed by atoms with E-state index in [9.17, 15) is 13.2 Å². The summed E-state index contributed by atoms with van der Waals surface area (Å²) in [5.41, 5.74) is 0.317. The highest BCUT2D eigenvalue weighted by Gasteiger charge is 2.28. The molecule has 1 aliphatic heterocycles. The van der Waals surface area contributed by atoms with Crippen LogP contribution in [-0.4, -0.2) is 56.8 Å². The second kappa shape index (κ2) is 8.86. The molecule has 1 aromatic rings. The number of hydrogen-bond acceptors (Lipinski definition) is 4. The van der Waals surface area contributed by atoms with E-state index in [2.05, 4.69) is 6.92 Å². The highest BCUT2D eigenvalue weighted by Crippen LogP contribution is 2.28. The zero-order chi connectivity index (χ0) is 19.3. The second-order valence-electron chi connectivity index (χ2n) is 6.62. The maximum atomic E-state index is 13.1. The summed E-state index contributed by atoms with van der Waals surface area (Å²) in [7, 11) is -2.13. The van der Waals surface area contributed by atoms with Gasteiger partial charge in [0.1, 0.15) is 5.75 Å². The number of amides is 1. The first-order valence-electron chi connectivity index (χ1n) is 9.36. The fraction of sp³-hybridized carbons (Fsp3) is 0.632. The highest BCUT2D eigenvalue weighted by atomic mass is 32.2. The van der Waals surface area contributed by atoms with E-state index in [0.29, 0.717) is 43.4 Å². The van der Waals surface area contributed by atoms with E-state index < -0.39 is 10.0 Å². The third-order valence-electron chi connectivity index (χ3n) is 5.13. The Labute approximate surface area is 157 Å². The summed E-state index contributed by atoms with van der Waals surface area (Å²) in [6, 6.07) is 4.55. The highest BCUT2D eigenvalue weighted by molar-refractivity contribution is 7.89. The molecule has 7 heteroatoms. The molecule has 146 valence electrons. The molecular weight excluding hydrogens is 352 g/mol. The van der Waals surface area contributed by atoms with Crippen molar-refractivity contribution in [1.82, 2.24) is 9.21 Å². The number of hydrogen-bond donors (Lipinski definition) is 0. The predicted octanol–water partition coefficient (Wildman–Crippen LogP) is 2.99. The van der Waals surface area contributed by atoms with Crippen molar-refractivity contribution in [3.05, 3.63) is 23.8 Å². The third kappa shape index (κ3) is 4.20. The monoisotopic (exact) mass is 382 g/mol. The van der Waals surface area contributed by atoms with Gasteiger partial charge >= 0.3 is 0 Å². The largest absolute Gasteiger partial charge is 0.496 e. The lowest BCUT2D eigenvalue weighted by Gasteiger charge is -2.32. The molecule has 1 saturated heterocycles. The van der Waals surface area contributed by atoms with Gasteiger partial charge in [-0.25, -0.2) is 8.42 Å². The number of carbonyl (C=O) groups is 1. The van der Waals surface area contributed by atoms with Crippen LogP contribution >= 0.6 is 0 Å². The van der Waals surface area contributed by atoms with Gasteiger partial charge in [-0.15, -0.1) is 0 Å². The van der Waals surface area contributed by atoms with Crippen LogP contribution in [0.15, 0.2) is 23.1 Å². The first kappa shape index (κ1) is 20.7. The molecule has 0 aliphatic carbocycles. The molecule has 1 amide bonds. The Hall–Kier alpha value is -1.60. The van der Waals surface area contributed by atoms with Gasteiger partial charge in [0.25, 0.3) is 5.91 Å². The van der Waals surface area contributed by atoms with Crippen molar-refractivity contribution < 1.29 is 17.9 Å². The van der Waals surface area contributed by atoms with Crippen LogP contribution in [0.2, 0.25) is 0 Å². The molecule has 6 nitrogen and oxygen atoms in total. The van der Waals surface area contributed by atoms with Gasteiger partial charge in [-0.05, 0) is 37.0 Å². The Morgan fingerprint density at radius 2 is 1.96 bits per heavy atom. The summed E-state index contributed by atoms with van der Waals surface area (Å²) >= 11 is 0. The number of piperidine rings is 1. The van der Waals surface area contributed by atoms with E-state index in [0.717, 1.165) is 19.3 Å². The summed E-state index contributed by atoms with van der Waals surface area (Å²) in [5.74, 6) is 0.755. The molecule has 1 fully saturated rings. The maximum Gasteiger partial charge on any atom is 0.257 e. The maximum absolute atomic E-state index is 13.1. The van der Waals surface area contributed by atoms with Gasteiger partial charge in [0.2, 0.25) is 10.0 Å². The first-order chi connectivity index (χ1) is 12.4. The molecule has 0 saturated carbocycles. The van der Waals surface area contributed by atoms with Gasteiger partial charge in [-0.2, -0.15) is 4.31 Å². The van der Waals surface area contributed by atoms with Gasteiger partial charge < -0.3 is 9.64 Å². The molecule has 1 unspecified atom stereocenters. The van der Waals surface area contributed by atoms with Gasteiger partial charge in [0, 0.05) is 26.2 Å². The van der Waals surface area contributed by atoms with Crippen LogP contribution in [0.1, 0.15) is 50.4 Å². The van der Waals surface area contributed by atoms with Crippen molar-refractivity contribution in [1.29, 1.82) is 0 Å². The molecule has 0 radical (unpaired) electrons. The van der Waals surface area contributed by atoms with E-state index in [1.807, 2.05) is 4.90 Å². The van der Waals surface area contributed by atoms with Gasteiger partial charge in [0.15, 0.2) is 0 Å². The lowest BCUT2D eigenvalue weighted by atomic mass is 9.95. The normalized spacial score (nSPS) is 18.2. The summed E-state index contributed by atoms with van der Waals surface area (Å²) in [6.07, 6.45) is 3.15. The minimum Gasteiger partial charge on any atom is -0.496 e. The minimum absolute atomic E-state index is 0.134. The van der Waals surface area contributed by atoms with E-state index in [1.54, 1.807) is 19.9 Å². The summed E-state index contributed by atoms with van der Waals surface area (Å²) in [4.78, 5) is 15.0. The van der Waals surface area contributed by atoms with Gasteiger partial charge in [0.05, 0.1) is 17.6 Å². The standard InChI is InChI=1S/C19H30N2O4S/c1-5-15-9-8-12-20(14-15)19(22)17-13-16(10-11-18(17)25-4)26(23,24)21(6-2)7-3/h10-11,13,15H,5-9,12,14H2,1-4H3. The Morgan fingerprint density at radius 3 is 2.54 bits per heavy atom. The van der Waals surface area contributed by atoms with Crippen LogP contribution < -0.4 is 4.74 Å². The molecule has 26 heavy (non-hydrogen) atoms. The molecule has 0 spiro atoms. The molecule has 0 bridgehead atoms. The lowest BCUT2D eigenvalue weighted by Crippen LogP contribution is -2.40. The first-order valence-corrected chi connectivity index (χ1v) is 10.8. The molecule has 0 aromatic heterocycles. The molecule has 1 atom stereocenters. The van der Waals surface area contributed by atoms with E-state index in [4.69, 9.17) is 4.74 Å². The Balaban J connectivity index is 2.40. The summed E-state index contributed by atoms with van der Waals surface area (Å²) < 4.78 is 32.3. The molecule has 2 rings (SSSR count). The predicted molar refractivity (Wildman–Crippen MR) is 102 cm³/mol. The van der Waals surface area contributed by atoms with Crippen LogP contribution in [0, 0.1) is 5.92 Å². The Kier molecular flexibility index (Phi) is 7.06. The van der Waals surface area contributed by atoms with E-state index in [1.165, 1.54) is 23.5 Å². The molecular formula is C19H30N2O4S. The van der Waals surface area contributed by atoms with Crippen molar-refractivity contribution in [2.75, 3.05) is 33.3 Å². The minimum atomic E-state index is -3.62.